The molecule has 0 aliphatic carbocycles. The number of carbonyl (C=O) groups is 1. The average molecular weight is 200 g/mol. The first-order chi connectivity index (χ1) is 6.55. The van der Waals surface area contributed by atoms with Gasteiger partial charge < -0.3 is 5.11 Å². The smallest absolute Gasteiger partial charge is 0.433 e. The predicted octanol–water partition coefficient (Wildman–Crippen LogP) is 2.55. The van der Waals surface area contributed by atoms with Gasteiger partial charge in [-0.3, -0.25) is 0 Å². The molecule has 0 saturated heterocycles. The van der Waals surface area contributed by atoms with Crippen LogP contribution in [0.5, 0.6) is 0 Å². The molecular formula is C9H8F2NO2+. The molecule has 0 fully saturated rings. The van der Waals surface area contributed by atoms with Crippen LogP contribution in [-0.4, -0.2) is 15.9 Å². The highest BCUT2D eigenvalue weighted by Crippen LogP contribution is 2.42. The minimum absolute atomic E-state index is 0.123. The number of hydrogen-bond acceptors (Lipinski definition) is 1. The monoisotopic (exact) mass is 200 g/mol. The van der Waals surface area contributed by atoms with Crippen molar-refractivity contribution in [2.24, 2.45) is 0 Å². The van der Waals surface area contributed by atoms with Crippen LogP contribution >= 0.6 is 0 Å². The summed E-state index contributed by atoms with van der Waals surface area (Å²) in [5.41, 5.74) is 0.530. The van der Waals surface area contributed by atoms with E-state index in [1.165, 1.54) is 12.1 Å². The second-order valence-corrected chi connectivity index (χ2v) is 3.25. The van der Waals surface area contributed by atoms with Crippen molar-refractivity contribution in [1.29, 1.82) is 0 Å². The lowest BCUT2D eigenvalue weighted by Gasteiger charge is -2.15. The zero-order valence-electron chi connectivity index (χ0n) is 7.15. The molecule has 2 atom stereocenters. The largest absolute Gasteiger partial charge is 0.556 e. The van der Waals surface area contributed by atoms with E-state index in [0.29, 0.717) is 5.56 Å². The molecule has 14 heavy (non-hydrogen) atoms. The quantitative estimate of drug-likeness (QED) is 0.516. The molecule has 1 amide bonds. The average Bonchev–Trinajstić information content (AvgIpc) is 2.42. The molecule has 1 aromatic carbocycles. The number of halogens is 2. The van der Waals surface area contributed by atoms with Crippen LogP contribution in [0, 0.1) is 0 Å². The van der Waals surface area contributed by atoms with E-state index in [1.807, 2.05) is 0 Å². The number of amides is 1. The third kappa shape index (κ3) is 1.02. The van der Waals surface area contributed by atoms with E-state index >= 15 is 0 Å². The van der Waals surface area contributed by atoms with Gasteiger partial charge in [-0.25, -0.2) is 0 Å². The summed E-state index contributed by atoms with van der Waals surface area (Å²) < 4.78 is 24.9. The van der Waals surface area contributed by atoms with Crippen LogP contribution in [0.3, 0.4) is 0 Å². The summed E-state index contributed by atoms with van der Waals surface area (Å²) in [7, 11) is 0. The lowest BCUT2D eigenvalue weighted by atomic mass is 10.1. The third-order valence-electron chi connectivity index (χ3n) is 2.39. The Hall–Kier alpha value is -1.49. The summed E-state index contributed by atoms with van der Waals surface area (Å²) in [6, 6.07) is 6.12. The van der Waals surface area contributed by atoms with Gasteiger partial charge in [-0.2, -0.15) is 9.18 Å². The predicted molar refractivity (Wildman–Crippen MR) is 43.4 cm³/mol. The van der Waals surface area contributed by atoms with Gasteiger partial charge in [0.2, 0.25) is 0 Å². The van der Waals surface area contributed by atoms with E-state index < -0.39 is 23.6 Å². The number of fused-ring (bicyclic) bond motifs is 1. The van der Waals surface area contributed by atoms with Crippen molar-refractivity contribution in [1.82, 2.24) is 0 Å². The van der Waals surface area contributed by atoms with Gasteiger partial charge in [-0.05, 0) is 6.07 Å². The van der Waals surface area contributed by atoms with Gasteiger partial charge in [0.25, 0.3) is 0 Å². The van der Waals surface area contributed by atoms with Crippen LogP contribution in [0.15, 0.2) is 24.3 Å². The maximum atomic E-state index is 13.6. The Bertz CT molecular complexity index is 396. The van der Waals surface area contributed by atoms with Crippen LogP contribution in [0.2, 0.25) is 0 Å². The minimum atomic E-state index is -2.12. The highest BCUT2D eigenvalue weighted by Gasteiger charge is 2.55. The molecule has 0 bridgehead atoms. The second kappa shape index (κ2) is 2.75. The van der Waals surface area contributed by atoms with Crippen molar-refractivity contribution in [3.8, 4) is 0 Å². The first-order valence-electron chi connectivity index (χ1n) is 4.08. The normalized spacial score (nSPS) is 30.0. The first-order valence-corrected chi connectivity index (χ1v) is 4.08. The zero-order valence-corrected chi connectivity index (χ0v) is 7.15. The lowest BCUT2D eigenvalue weighted by molar-refractivity contribution is -1.04. The SMILES string of the molecule is O=C(O)[N+]1(F)Cc2ccccc2C1F. The Balaban J connectivity index is 2.48. The van der Waals surface area contributed by atoms with Crippen LogP contribution in [-0.2, 0) is 6.54 Å². The number of rotatable bonds is 0. The van der Waals surface area contributed by atoms with Gasteiger partial charge in [0, 0.05) is 14.7 Å². The number of alkyl halides is 1. The van der Waals surface area contributed by atoms with Crippen molar-refractivity contribution in [3.63, 3.8) is 0 Å². The van der Waals surface area contributed by atoms with E-state index in [9.17, 15) is 13.7 Å². The van der Waals surface area contributed by atoms with Crippen LogP contribution < -0.4 is 0 Å². The summed E-state index contributed by atoms with van der Waals surface area (Å²) in [6.07, 6.45) is -3.92. The van der Waals surface area contributed by atoms with Crippen LogP contribution in [0.4, 0.5) is 13.7 Å². The molecule has 0 saturated carbocycles. The number of carboxylic acid groups (broad SMARTS) is 1. The molecule has 1 aliphatic rings. The molecule has 0 radical (unpaired) electrons. The van der Waals surface area contributed by atoms with Crippen molar-refractivity contribution in [2.45, 2.75) is 12.8 Å². The molecule has 0 spiro atoms. The molecule has 2 rings (SSSR count). The molecule has 1 heterocycles. The Morgan fingerprint density at radius 1 is 1.50 bits per heavy atom. The summed E-state index contributed by atoms with van der Waals surface area (Å²) >= 11 is 0. The molecule has 74 valence electrons. The van der Waals surface area contributed by atoms with E-state index in [2.05, 4.69) is 0 Å². The van der Waals surface area contributed by atoms with Crippen LogP contribution in [0.1, 0.15) is 17.4 Å². The molecule has 1 N–H and O–H groups in total. The maximum absolute atomic E-state index is 13.6. The highest BCUT2D eigenvalue weighted by atomic mass is 19.2. The topological polar surface area (TPSA) is 37.3 Å². The number of hydrogen-bond donors (Lipinski definition) is 1. The summed E-state index contributed by atoms with van der Waals surface area (Å²) in [6.45, 7) is -0.452. The van der Waals surface area contributed by atoms with E-state index in [1.54, 1.807) is 12.1 Å². The number of benzene rings is 1. The lowest BCUT2D eigenvalue weighted by Crippen LogP contribution is -2.40. The van der Waals surface area contributed by atoms with Crippen molar-refractivity contribution in [2.75, 3.05) is 0 Å². The minimum Gasteiger partial charge on any atom is -0.433 e. The van der Waals surface area contributed by atoms with Gasteiger partial charge in [0.05, 0.1) is 5.56 Å². The molecular weight excluding hydrogens is 192 g/mol. The molecule has 1 aliphatic heterocycles. The van der Waals surface area contributed by atoms with Crippen molar-refractivity contribution < 1.29 is 23.5 Å². The number of quaternary nitrogens is 1. The summed E-state index contributed by atoms with van der Waals surface area (Å²) in [5, 5.41) is 8.57. The van der Waals surface area contributed by atoms with Gasteiger partial charge in [0.15, 0.2) is 6.54 Å². The Morgan fingerprint density at radius 2 is 2.14 bits per heavy atom. The Labute approximate surface area is 78.7 Å². The third-order valence-corrected chi connectivity index (χ3v) is 2.39. The highest BCUT2D eigenvalue weighted by molar-refractivity contribution is 5.57. The first kappa shape index (κ1) is 9.08. The van der Waals surface area contributed by atoms with Gasteiger partial charge in [-0.15, -0.1) is 0 Å². The molecule has 3 nitrogen and oxygen atoms in total. The van der Waals surface area contributed by atoms with Crippen molar-refractivity contribution in [3.05, 3.63) is 35.4 Å². The molecule has 0 aromatic heterocycles. The standard InChI is InChI=1S/C9H7F2NO2/c10-8-7-4-2-1-3-6(7)5-12(8,11)9(13)14/h1-4,8H,5H2/p+1. The van der Waals surface area contributed by atoms with Gasteiger partial charge >= 0.3 is 12.4 Å². The van der Waals surface area contributed by atoms with Crippen LogP contribution in [0.25, 0.3) is 0 Å². The van der Waals surface area contributed by atoms with Gasteiger partial charge in [-0.1, -0.05) is 18.2 Å². The zero-order chi connectivity index (χ0) is 10.3. The fourth-order valence-electron chi connectivity index (χ4n) is 1.62. The maximum Gasteiger partial charge on any atom is 0.556 e. The Kier molecular flexibility index (Phi) is 1.78. The number of nitrogens with zero attached hydrogens (tertiary/aromatic N) is 1. The molecule has 1 aromatic rings. The van der Waals surface area contributed by atoms with E-state index in [4.69, 9.17) is 5.11 Å². The van der Waals surface area contributed by atoms with Gasteiger partial charge in [0.1, 0.15) is 0 Å². The summed E-state index contributed by atoms with van der Waals surface area (Å²) in [5.74, 6) is 0. The van der Waals surface area contributed by atoms with E-state index in [0.717, 1.165) is 0 Å². The fourth-order valence-corrected chi connectivity index (χ4v) is 1.62. The second-order valence-electron chi connectivity index (χ2n) is 3.25. The van der Waals surface area contributed by atoms with Crippen molar-refractivity contribution >= 4 is 6.09 Å². The summed E-state index contributed by atoms with van der Waals surface area (Å²) in [4.78, 5) is 10.6. The molecule has 5 heteroatoms. The Morgan fingerprint density at radius 3 is 2.71 bits per heavy atom. The fraction of sp³-hybridized carbons (Fsp3) is 0.222. The van der Waals surface area contributed by atoms with E-state index in [-0.39, 0.29) is 5.56 Å². The molecule has 2 unspecified atom stereocenters.